The van der Waals surface area contributed by atoms with Crippen LogP contribution in [0.2, 0.25) is 0 Å². The number of morpholine rings is 1. The Morgan fingerprint density at radius 3 is 2.78 bits per heavy atom. The van der Waals surface area contributed by atoms with Gasteiger partial charge in [0.15, 0.2) is 0 Å². The van der Waals surface area contributed by atoms with Crippen molar-refractivity contribution in [2.75, 3.05) is 51.8 Å². The molecule has 0 saturated carbocycles. The molecule has 142 valence electrons. The summed E-state index contributed by atoms with van der Waals surface area (Å²) in [5.41, 5.74) is 2.31. The number of benzene rings is 1. The molecule has 0 atom stereocenters. The maximum Gasteiger partial charge on any atom is 0.138 e. The molecule has 1 aliphatic rings. The lowest BCUT2D eigenvalue weighted by Crippen LogP contribution is -2.37. The highest BCUT2D eigenvalue weighted by molar-refractivity contribution is 7.17. The molecule has 1 N–H and O–H groups in total. The van der Waals surface area contributed by atoms with Gasteiger partial charge in [-0.3, -0.25) is 4.90 Å². The maximum absolute atomic E-state index is 5.40. The first-order valence-electron chi connectivity index (χ1n) is 9.26. The number of rotatable bonds is 7. The molecule has 0 aliphatic carbocycles. The molecular weight excluding hydrogens is 360 g/mol. The molecular formula is C20H24N4O2S. The maximum atomic E-state index is 5.40. The van der Waals surface area contributed by atoms with E-state index in [1.165, 1.54) is 0 Å². The van der Waals surface area contributed by atoms with Crippen LogP contribution in [0.3, 0.4) is 0 Å². The van der Waals surface area contributed by atoms with E-state index in [-0.39, 0.29) is 0 Å². The number of hydrogen-bond acceptors (Lipinski definition) is 7. The number of fused-ring (bicyclic) bond motifs is 1. The molecule has 1 saturated heterocycles. The highest BCUT2D eigenvalue weighted by Gasteiger charge is 2.14. The fraction of sp³-hybridized carbons (Fsp3) is 0.400. The highest BCUT2D eigenvalue weighted by atomic mass is 32.1. The molecule has 3 heterocycles. The molecule has 2 aromatic heterocycles. The van der Waals surface area contributed by atoms with Crippen LogP contribution in [0.5, 0.6) is 5.75 Å². The van der Waals surface area contributed by atoms with Gasteiger partial charge >= 0.3 is 0 Å². The fourth-order valence-corrected chi connectivity index (χ4v) is 4.24. The topological polar surface area (TPSA) is 59.5 Å². The second-order valence-electron chi connectivity index (χ2n) is 6.51. The van der Waals surface area contributed by atoms with Crippen LogP contribution in [-0.4, -0.2) is 61.4 Å². The largest absolute Gasteiger partial charge is 0.497 e. The van der Waals surface area contributed by atoms with Gasteiger partial charge in [0.25, 0.3) is 0 Å². The molecule has 0 radical (unpaired) electrons. The van der Waals surface area contributed by atoms with Crippen LogP contribution >= 0.6 is 11.3 Å². The standard InChI is InChI=1S/C20H24N4O2S/c1-25-16-5-3-15(4-6-16)17-13-27-20-18(17)19(22-14-23-20)21-7-2-8-24-9-11-26-12-10-24/h3-6,13-14H,2,7-12H2,1H3,(H,21,22,23). The second-order valence-corrected chi connectivity index (χ2v) is 7.37. The summed E-state index contributed by atoms with van der Waals surface area (Å²) in [5, 5.41) is 6.77. The summed E-state index contributed by atoms with van der Waals surface area (Å²) < 4.78 is 10.7. The predicted molar refractivity (Wildman–Crippen MR) is 110 cm³/mol. The molecule has 3 aromatic rings. The van der Waals surface area contributed by atoms with Crippen molar-refractivity contribution in [2.24, 2.45) is 0 Å². The molecule has 1 fully saturated rings. The Balaban J connectivity index is 1.48. The Morgan fingerprint density at radius 1 is 1.19 bits per heavy atom. The molecule has 1 aliphatic heterocycles. The van der Waals surface area contributed by atoms with Crippen LogP contribution in [0, 0.1) is 0 Å². The molecule has 4 rings (SSSR count). The lowest BCUT2D eigenvalue weighted by molar-refractivity contribution is 0.0378. The number of methoxy groups -OCH3 is 1. The zero-order chi connectivity index (χ0) is 18.5. The minimum Gasteiger partial charge on any atom is -0.497 e. The van der Waals surface area contributed by atoms with Gasteiger partial charge in [-0.1, -0.05) is 12.1 Å². The quantitative estimate of drug-likeness (QED) is 0.629. The minimum absolute atomic E-state index is 0.847. The number of thiophene rings is 1. The molecule has 1 aromatic carbocycles. The Kier molecular flexibility index (Phi) is 5.81. The zero-order valence-corrected chi connectivity index (χ0v) is 16.3. The monoisotopic (exact) mass is 384 g/mol. The number of aromatic nitrogens is 2. The normalized spacial score (nSPS) is 15.1. The van der Waals surface area contributed by atoms with Gasteiger partial charge in [-0.15, -0.1) is 11.3 Å². The van der Waals surface area contributed by atoms with Crippen molar-refractivity contribution >= 4 is 27.4 Å². The van der Waals surface area contributed by atoms with Gasteiger partial charge in [0, 0.05) is 30.6 Å². The molecule has 0 bridgehead atoms. The summed E-state index contributed by atoms with van der Waals surface area (Å²) >= 11 is 1.65. The first kappa shape index (κ1) is 18.2. The van der Waals surface area contributed by atoms with Crippen molar-refractivity contribution in [3.8, 4) is 16.9 Å². The van der Waals surface area contributed by atoms with E-state index in [2.05, 4.69) is 37.7 Å². The third-order valence-corrected chi connectivity index (χ3v) is 5.70. The summed E-state index contributed by atoms with van der Waals surface area (Å²) in [5.74, 6) is 1.77. The van der Waals surface area contributed by atoms with Crippen LogP contribution < -0.4 is 10.1 Å². The number of ether oxygens (including phenoxy) is 2. The van der Waals surface area contributed by atoms with Crippen molar-refractivity contribution in [3.05, 3.63) is 36.0 Å². The zero-order valence-electron chi connectivity index (χ0n) is 15.5. The SMILES string of the molecule is COc1ccc(-c2csc3ncnc(NCCCN4CCOCC4)c23)cc1. The van der Waals surface area contributed by atoms with E-state index in [9.17, 15) is 0 Å². The summed E-state index contributed by atoms with van der Waals surface area (Å²) in [6.45, 7) is 5.73. The number of anilines is 1. The van der Waals surface area contributed by atoms with Crippen molar-refractivity contribution in [1.29, 1.82) is 0 Å². The third kappa shape index (κ3) is 4.21. The predicted octanol–water partition coefficient (Wildman–Crippen LogP) is 3.50. The average Bonchev–Trinajstić information content (AvgIpc) is 3.17. The van der Waals surface area contributed by atoms with E-state index in [0.717, 1.165) is 78.7 Å². The molecule has 0 spiro atoms. The van der Waals surface area contributed by atoms with E-state index in [1.807, 2.05) is 12.1 Å². The average molecular weight is 385 g/mol. The summed E-state index contributed by atoms with van der Waals surface area (Å²) in [6, 6.07) is 8.13. The lowest BCUT2D eigenvalue weighted by atomic mass is 10.1. The van der Waals surface area contributed by atoms with Gasteiger partial charge in [0.05, 0.1) is 25.7 Å². The van der Waals surface area contributed by atoms with Gasteiger partial charge in [-0.05, 0) is 30.7 Å². The summed E-state index contributed by atoms with van der Waals surface area (Å²) in [6.07, 6.45) is 2.72. The van der Waals surface area contributed by atoms with Crippen LogP contribution in [-0.2, 0) is 4.74 Å². The molecule has 0 amide bonds. The van der Waals surface area contributed by atoms with Crippen molar-refractivity contribution in [3.63, 3.8) is 0 Å². The summed E-state index contributed by atoms with van der Waals surface area (Å²) in [7, 11) is 1.68. The van der Waals surface area contributed by atoms with Gasteiger partial charge in [0.1, 0.15) is 22.7 Å². The molecule has 7 heteroatoms. The van der Waals surface area contributed by atoms with Gasteiger partial charge in [-0.25, -0.2) is 9.97 Å². The second kappa shape index (κ2) is 8.65. The van der Waals surface area contributed by atoms with Crippen LogP contribution in [0.15, 0.2) is 36.0 Å². The first-order chi connectivity index (χ1) is 13.3. The Morgan fingerprint density at radius 2 is 2.00 bits per heavy atom. The molecule has 0 unspecified atom stereocenters. The van der Waals surface area contributed by atoms with Crippen molar-refractivity contribution in [1.82, 2.24) is 14.9 Å². The van der Waals surface area contributed by atoms with Crippen molar-refractivity contribution in [2.45, 2.75) is 6.42 Å². The van der Waals surface area contributed by atoms with Crippen LogP contribution in [0.1, 0.15) is 6.42 Å². The summed E-state index contributed by atoms with van der Waals surface area (Å²) in [4.78, 5) is 12.4. The number of nitrogens with one attached hydrogen (secondary N) is 1. The fourth-order valence-electron chi connectivity index (χ4n) is 3.33. The smallest absolute Gasteiger partial charge is 0.138 e. The van der Waals surface area contributed by atoms with Crippen LogP contribution in [0.25, 0.3) is 21.3 Å². The Hall–Kier alpha value is -2.22. The van der Waals surface area contributed by atoms with E-state index in [0.29, 0.717) is 0 Å². The van der Waals surface area contributed by atoms with Gasteiger partial charge in [-0.2, -0.15) is 0 Å². The number of hydrogen-bond donors (Lipinski definition) is 1. The van der Waals surface area contributed by atoms with Crippen LogP contribution in [0.4, 0.5) is 5.82 Å². The van der Waals surface area contributed by atoms with Gasteiger partial charge in [0.2, 0.25) is 0 Å². The molecule has 27 heavy (non-hydrogen) atoms. The van der Waals surface area contributed by atoms with E-state index in [4.69, 9.17) is 9.47 Å². The van der Waals surface area contributed by atoms with E-state index in [1.54, 1.807) is 24.8 Å². The Bertz CT molecular complexity index is 875. The molecule has 6 nitrogen and oxygen atoms in total. The highest BCUT2D eigenvalue weighted by Crippen LogP contribution is 2.36. The van der Waals surface area contributed by atoms with E-state index < -0.39 is 0 Å². The minimum atomic E-state index is 0.847. The Labute approximate surface area is 163 Å². The van der Waals surface area contributed by atoms with E-state index >= 15 is 0 Å². The third-order valence-electron chi connectivity index (χ3n) is 4.82. The van der Waals surface area contributed by atoms with Crippen molar-refractivity contribution < 1.29 is 9.47 Å². The lowest BCUT2D eigenvalue weighted by Gasteiger charge is -2.26. The van der Waals surface area contributed by atoms with Gasteiger partial charge < -0.3 is 14.8 Å². The first-order valence-corrected chi connectivity index (χ1v) is 10.1. The number of nitrogens with zero attached hydrogens (tertiary/aromatic N) is 3.